The summed E-state index contributed by atoms with van der Waals surface area (Å²) in [5, 5.41) is 14.1. The summed E-state index contributed by atoms with van der Waals surface area (Å²) < 4.78 is 4.30. The fourth-order valence-corrected chi connectivity index (χ4v) is 4.15. The number of aryl methyl sites for hydroxylation is 1. The van der Waals surface area contributed by atoms with E-state index in [0.29, 0.717) is 5.82 Å². The predicted molar refractivity (Wildman–Crippen MR) is 84.4 cm³/mol. The molecule has 0 unspecified atom stereocenters. The maximum Gasteiger partial charge on any atom is 0.149 e. The first-order valence-corrected chi connectivity index (χ1v) is 8.26. The average molecular weight is 310 g/mol. The van der Waals surface area contributed by atoms with E-state index in [2.05, 4.69) is 14.3 Å². The lowest BCUT2D eigenvalue weighted by Gasteiger charge is -2.36. The molecule has 1 fully saturated rings. The van der Waals surface area contributed by atoms with Gasteiger partial charge in [0.25, 0.3) is 0 Å². The van der Waals surface area contributed by atoms with Crippen molar-refractivity contribution in [3.63, 3.8) is 0 Å². The molecule has 0 amide bonds. The van der Waals surface area contributed by atoms with E-state index in [1.54, 1.807) is 11.3 Å². The Morgan fingerprint density at radius 1 is 1.40 bits per heavy atom. The van der Waals surface area contributed by atoms with Gasteiger partial charge in [-0.2, -0.15) is 4.37 Å². The van der Waals surface area contributed by atoms with Crippen LogP contribution >= 0.6 is 22.9 Å². The first kappa shape index (κ1) is 13.8. The topological polar surface area (TPSA) is 75.3 Å². The van der Waals surface area contributed by atoms with Crippen molar-refractivity contribution in [2.45, 2.75) is 32.3 Å². The van der Waals surface area contributed by atoms with Crippen LogP contribution in [0, 0.1) is 6.92 Å². The molecule has 7 heteroatoms. The van der Waals surface area contributed by atoms with Crippen LogP contribution in [0.1, 0.15) is 25.5 Å². The highest BCUT2D eigenvalue weighted by Gasteiger charge is 2.30. The van der Waals surface area contributed by atoms with Gasteiger partial charge in [0.1, 0.15) is 15.8 Å². The van der Waals surface area contributed by atoms with E-state index in [-0.39, 0.29) is 0 Å². The van der Waals surface area contributed by atoms with E-state index in [4.69, 9.17) is 5.73 Å². The van der Waals surface area contributed by atoms with Crippen LogP contribution in [0.4, 0.5) is 10.8 Å². The Labute approximate surface area is 126 Å². The first-order valence-electron chi connectivity index (χ1n) is 6.61. The zero-order valence-corrected chi connectivity index (χ0v) is 13.2. The zero-order valence-electron chi connectivity index (χ0n) is 11.6. The molecule has 0 radical (unpaired) electrons. The van der Waals surface area contributed by atoms with Gasteiger partial charge >= 0.3 is 0 Å². The Kier molecular flexibility index (Phi) is 3.43. The monoisotopic (exact) mass is 310 g/mol. The largest absolute Gasteiger partial charge is 0.390 e. The normalized spacial score (nSPS) is 18.4. The van der Waals surface area contributed by atoms with Crippen molar-refractivity contribution >= 4 is 33.7 Å². The Balaban J connectivity index is 1.92. The van der Waals surface area contributed by atoms with Gasteiger partial charge in [-0.05, 0) is 38.2 Å². The molecule has 108 valence electrons. The van der Waals surface area contributed by atoms with Crippen LogP contribution in [-0.4, -0.2) is 33.2 Å². The maximum atomic E-state index is 10.1. The highest BCUT2D eigenvalue weighted by Crippen LogP contribution is 2.42. The van der Waals surface area contributed by atoms with Gasteiger partial charge in [0.05, 0.1) is 11.2 Å². The van der Waals surface area contributed by atoms with Crippen molar-refractivity contribution in [1.29, 1.82) is 0 Å². The van der Waals surface area contributed by atoms with Gasteiger partial charge in [-0.15, -0.1) is 11.3 Å². The number of aromatic nitrogens is 2. The van der Waals surface area contributed by atoms with Crippen molar-refractivity contribution in [2.24, 2.45) is 0 Å². The van der Waals surface area contributed by atoms with Crippen LogP contribution in [0.3, 0.4) is 0 Å². The fourth-order valence-electron chi connectivity index (χ4n) is 2.37. The molecule has 20 heavy (non-hydrogen) atoms. The van der Waals surface area contributed by atoms with Crippen LogP contribution in [0.25, 0.3) is 10.6 Å². The second-order valence-corrected chi connectivity index (χ2v) is 7.14. The summed E-state index contributed by atoms with van der Waals surface area (Å²) in [5.41, 5.74) is 7.44. The fraction of sp³-hybridized carbons (Fsp3) is 0.538. The number of nitrogens with zero attached hydrogens (tertiary/aromatic N) is 3. The molecule has 2 aromatic heterocycles. The van der Waals surface area contributed by atoms with E-state index in [9.17, 15) is 5.11 Å². The van der Waals surface area contributed by atoms with Gasteiger partial charge in [-0.25, -0.2) is 4.98 Å². The number of rotatable bonds is 2. The summed E-state index contributed by atoms with van der Waals surface area (Å²) >= 11 is 3.02. The van der Waals surface area contributed by atoms with Gasteiger partial charge in [-0.3, -0.25) is 0 Å². The van der Waals surface area contributed by atoms with Crippen LogP contribution in [-0.2, 0) is 0 Å². The molecule has 0 atom stereocenters. The summed E-state index contributed by atoms with van der Waals surface area (Å²) in [6.45, 7) is 5.53. The number of aliphatic hydroxyl groups is 1. The molecule has 5 nitrogen and oxygen atoms in total. The van der Waals surface area contributed by atoms with Crippen molar-refractivity contribution in [3.05, 3.63) is 11.1 Å². The molecule has 2 aromatic rings. The Morgan fingerprint density at radius 2 is 2.10 bits per heavy atom. The van der Waals surface area contributed by atoms with E-state index in [1.807, 2.05) is 19.2 Å². The van der Waals surface area contributed by atoms with Gasteiger partial charge in [0, 0.05) is 24.2 Å². The summed E-state index contributed by atoms with van der Waals surface area (Å²) in [6, 6.07) is 0. The number of nitrogen functional groups attached to an aromatic ring is 1. The van der Waals surface area contributed by atoms with E-state index in [1.165, 1.54) is 11.5 Å². The van der Waals surface area contributed by atoms with Crippen molar-refractivity contribution in [3.8, 4) is 10.6 Å². The molecule has 0 spiro atoms. The van der Waals surface area contributed by atoms with E-state index >= 15 is 0 Å². The summed E-state index contributed by atoms with van der Waals surface area (Å²) in [6.07, 6.45) is 1.53. The number of thiazole rings is 1. The molecule has 3 rings (SSSR count). The van der Waals surface area contributed by atoms with E-state index < -0.39 is 5.60 Å². The van der Waals surface area contributed by atoms with Crippen molar-refractivity contribution in [1.82, 2.24) is 9.36 Å². The Hall–Kier alpha value is -1.18. The number of hydrogen-bond acceptors (Lipinski definition) is 7. The molecule has 0 saturated carbocycles. The van der Waals surface area contributed by atoms with Crippen LogP contribution in [0.5, 0.6) is 0 Å². The van der Waals surface area contributed by atoms with Crippen LogP contribution < -0.4 is 10.6 Å². The average Bonchev–Trinajstić information content (AvgIpc) is 2.96. The molecule has 1 aliphatic rings. The van der Waals surface area contributed by atoms with Crippen molar-refractivity contribution < 1.29 is 5.11 Å². The molecule has 0 aliphatic carbocycles. The molecule has 1 saturated heterocycles. The lowest BCUT2D eigenvalue weighted by atomic mass is 9.94. The zero-order chi connectivity index (χ0) is 14.3. The lowest BCUT2D eigenvalue weighted by Crippen LogP contribution is -2.42. The second kappa shape index (κ2) is 4.98. The van der Waals surface area contributed by atoms with Gasteiger partial charge in [0.15, 0.2) is 0 Å². The molecular weight excluding hydrogens is 292 g/mol. The van der Waals surface area contributed by atoms with Crippen molar-refractivity contribution in [2.75, 3.05) is 23.7 Å². The number of hydrogen-bond donors (Lipinski definition) is 2. The smallest absolute Gasteiger partial charge is 0.149 e. The molecule has 1 aliphatic heterocycles. The standard InChI is InChI=1S/C13H18N4OS2/c1-8-7-19-11(15-8)9-10(14)16-20-12(9)17-5-3-13(2,18)4-6-17/h7,18H,3-6H2,1-2H3,(H2,14,16). The third kappa shape index (κ3) is 2.53. The summed E-state index contributed by atoms with van der Waals surface area (Å²) in [5.74, 6) is 0.552. The Morgan fingerprint density at radius 3 is 2.70 bits per heavy atom. The summed E-state index contributed by atoms with van der Waals surface area (Å²) in [7, 11) is 0. The molecule has 0 aromatic carbocycles. The van der Waals surface area contributed by atoms with E-state index in [0.717, 1.165) is 47.2 Å². The van der Waals surface area contributed by atoms with Gasteiger partial charge in [0.2, 0.25) is 0 Å². The minimum absolute atomic E-state index is 0.551. The lowest BCUT2D eigenvalue weighted by molar-refractivity contribution is 0.0352. The van der Waals surface area contributed by atoms with Gasteiger partial charge < -0.3 is 15.7 Å². The highest BCUT2D eigenvalue weighted by atomic mass is 32.1. The maximum absolute atomic E-state index is 10.1. The number of anilines is 2. The minimum atomic E-state index is -0.551. The third-order valence-electron chi connectivity index (χ3n) is 3.66. The highest BCUT2D eigenvalue weighted by molar-refractivity contribution is 7.15. The SMILES string of the molecule is Cc1csc(-c2c(N)nsc2N2CCC(C)(O)CC2)n1. The number of nitrogens with two attached hydrogens (primary N) is 1. The van der Waals surface area contributed by atoms with Crippen LogP contribution in [0.15, 0.2) is 5.38 Å². The minimum Gasteiger partial charge on any atom is -0.390 e. The van der Waals surface area contributed by atoms with Crippen LogP contribution in [0.2, 0.25) is 0 Å². The number of piperidine rings is 1. The molecule has 3 heterocycles. The first-order chi connectivity index (χ1) is 9.46. The predicted octanol–water partition coefficient (Wildman–Crippen LogP) is 2.51. The second-order valence-electron chi connectivity index (χ2n) is 5.53. The Bertz CT molecular complexity index is 610. The molecule has 3 N–H and O–H groups in total. The quantitative estimate of drug-likeness (QED) is 0.891. The third-order valence-corrected chi connectivity index (χ3v) is 5.56. The molecular formula is C13H18N4OS2. The molecule has 0 bridgehead atoms. The summed E-state index contributed by atoms with van der Waals surface area (Å²) in [4.78, 5) is 6.79. The van der Waals surface area contributed by atoms with Gasteiger partial charge in [-0.1, -0.05) is 0 Å².